The van der Waals surface area contributed by atoms with Crippen molar-refractivity contribution in [3.05, 3.63) is 48.3 Å². The van der Waals surface area contributed by atoms with Crippen molar-refractivity contribution in [1.82, 2.24) is 5.32 Å². The Hall–Kier alpha value is -2.76. The van der Waals surface area contributed by atoms with E-state index < -0.39 is 5.82 Å². The summed E-state index contributed by atoms with van der Waals surface area (Å²) in [4.78, 5) is 11.9. The molecule has 0 saturated carbocycles. The molecule has 0 saturated heterocycles. The van der Waals surface area contributed by atoms with Gasteiger partial charge in [0.05, 0.1) is 0 Å². The van der Waals surface area contributed by atoms with Crippen molar-refractivity contribution in [2.45, 2.75) is 32.7 Å². The van der Waals surface area contributed by atoms with Crippen LogP contribution in [0.5, 0.6) is 11.5 Å². The van der Waals surface area contributed by atoms with E-state index in [1.165, 1.54) is 12.1 Å². The van der Waals surface area contributed by atoms with Crippen LogP contribution >= 0.6 is 0 Å². The number of nitrogen functional groups attached to an aromatic ring is 1. The van der Waals surface area contributed by atoms with Gasteiger partial charge in [0.2, 0.25) is 0 Å². The highest BCUT2D eigenvalue weighted by atomic mass is 19.1. The molecule has 0 atom stereocenters. The highest BCUT2D eigenvalue weighted by molar-refractivity contribution is 5.89. The number of carbonyl (C=O) groups is 1. The van der Waals surface area contributed by atoms with E-state index in [0.29, 0.717) is 17.1 Å². The van der Waals surface area contributed by atoms with Crippen molar-refractivity contribution in [2.24, 2.45) is 0 Å². The predicted octanol–water partition coefficient (Wildman–Crippen LogP) is 4.51. The van der Waals surface area contributed by atoms with Gasteiger partial charge in [0.25, 0.3) is 0 Å². The van der Waals surface area contributed by atoms with Crippen molar-refractivity contribution in [1.29, 1.82) is 0 Å². The van der Waals surface area contributed by atoms with Gasteiger partial charge in [0, 0.05) is 23.5 Å². The summed E-state index contributed by atoms with van der Waals surface area (Å²) in [5, 5.41) is 5.45. The third-order valence-electron chi connectivity index (χ3n) is 3.62. The molecule has 0 aliphatic rings. The van der Waals surface area contributed by atoms with E-state index in [9.17, 15) is 9.18 Å². The van der Waals surface area contributed by atoms with Gasteiger partial charge < -0.3 is 21.1 Å². The lowest BCUT2D eigenvalue weighted by molar-refractivity contribution is 0.247. The van der Waals surface area contributed by atoms with Crippen molar-refractivity contribution in [3.63, 3.8) is 0 Å². The van der Waals surface area contributed by atoms with Crippen LogP contribution in [0.25, 0.3) is 0 Å². The standard InChI is InChI=1S/C18H22FN3O2/c1-3-13(4-2)21-18(23)22-14-7-10-17(16(19)11-14)24-15-8-5-12(20)6-9-15/h5-11,13H,3-4,20H2,1-2H3,(H2,21,22,23). The average molecular weight is 331 g/mol. The maximum atomic E-state index is 14.1. The minimum Gasteiger partial charge on any atom is -0.454 e. The molecule has 4 N–H and O–H groups in total. The number of hydrogen-bond donors (Lipinski definition) is 3. The lowest BCUT2D eigenvalue weighted by Gasteiger charge is -2.15. The summed E-state index contributed by atoms with van der Waals surface area (Å²) in [5.41, 5.74) is 6.56. The van der Waals surface area contributed by atoms with E-state index in [0.717, 1.165) is 12.8 Å². The normalized spacial score (nSPS) is 10.5. The van der Waals surface area contributed by atoms with E-state index in [2.05, 4.69) is 10.6 Å². The zero-order chi connectivity index (χ0) is 17.5. The number of ether oxygens (including phenoxy) is 1. The molecule has 0 bridgehead atoms. The van der Waals surface area contributed by atoms with Crippen molar-refractivity contribution < 1.29 is 13.9 Å². The van der Waals surface area contributed by atoms with Gasteiger partial charge in [-0.1, -0.05) is 13.8 Å². The number of carbonyl (C=O) groups excluding carboxylic acids is 1. The zero-order valence-corrected chi connectivity index (χ0v) is 13.8. The monoisotopic (exact) mass is 331 g/mol. The molecule has 5 nitrogen and oxygen atoms in total. The summed E-state index contributed by atoms with van der Waals surface area (Å²) in [6.07, 6.45) is 1.68. The topological polar surface area (TPSA) is 76.4 Å². The Morgan fingerprint density at radius 2 is 1.83 bits per heavy atom. The largest absolute Gasteiger partial charge is 0.454 e. The number of halogens is 1. The number of urea groups is 1. The first-order chi connectivity index (χ1) is 11.5. The van der Waals surface area contributed by atoms with E-state index in [-0.39, 0.29) is 17.8 Å². The van der Waals surface area contributed by atoms with Crippen molar-refractivity contribution in [3.8, 4) is 11.5 Å². The number of nitrogens with two attached hydrogens (primary N) is 1. The second-order valence-electron chi connectivity index (χ2n) is 5.43. The maximum Gasteiger partial charge on any atom is 0.319 e. The molecule has 24 heavy (non-hydrogen) atoms. The molecule has 0 aromatic heterocycles. The molecule has 0 aliphatic heterocycles. The molecule has 2 rings (SSSR count). The summed E-state index contributed by atoms with van der Waals surface area (Å²) >= 11 is 0. The quantitative estimate of drug-likeness (QED) is 0.682. The zero-order valence-electron chi connectivity index (χ0n) is 13.8. The van der Waals surface area contributed by atoms with E-state index in [1.807, 2.05) is 13.8 Å². The third-order valence-corrected chi connectivity index (χ3v) is 3.62. The Bertz CT molecular complexity index is 685. The molecule has 0 unspecified atom stereocenters. The molecule has 0 spiro atoms. The fraction of sp³-hybridized carbons (Fsp3) is 0.278. The van der Waals surface area contributed by atoms with Gasteiger partial charge in [-0.15, -0.1) is 0 Å². The van der Waals surface area contributed by atoms with Crippen LogP contribution in [-0.2, 0) is 0 Å². The van der Waals surface area contributed by atoms with Crippen LogP contribution < -0.4 is 21.1 Å². The number of anilines is 2. The van der Waals surface area contributed by atoms with Crippen LogP contribution in [0.4, 0.5) is 20.6 Å². The summed E-state index contributed by atoms with van der Waals surface area (Å²) in [6, 6.07) is 10.7. The molecule has 0 heterocycles. The first kappa shape index (κ1) is 17.6. The van der Waals surface area contributed by atoms with Gasteiger partial charge in [0.1, 0.15) is 5.75 Å². The van der Waals surface area contributed by atoms with E-state index in [1.54, 1.807) is 30.3 Å². The fourth-order valence-electron chi connectivity index (χ4n) is 2.17. The van der Waals surface area contributed by atoms with Crippen LogP contribution in [0.15, 0.2) is 42.5 Å². The van der Waals surface area contributed by atoms with Crippen LogP contribution in [-0.4, -0.2) is 12.1 Å². The Kier molecular flexibility index (Phi) is 6.01. The molecular formula is C18H22FN3O2. The van der Waals surface area contributed by atoms with E-state index in [4.69, 9.17) is 10.5 Å². The lowest BCUT2D eigenvalue weighted by atomic mass is 10.2. The molecule has 2 aromatic rings. The minimum absolute atomic E-state index is 0.0747. The number of hydrogen-bond acceptors (Lipinski definition) is 3. The highest BCUT2D eigenvalue weighted by Gasteiger charge is 2.11. The number of nitrogens with one attached hydrogen (secondary N) is 2. The molecule has 0 radical (unpaired) electrons. The molecule has 0 fully saturated rings. The van der Waals surface area contributed by atoms with Gasteiger partial charge in [0.15, 0.2) is 11.6 Å². The SMILES string of the molecule is CCC(CC)NC(=O)Nc1ccc(Oc2ccc(N)cc2)c(F)c1. The number of amides is 2. The second-order valence-corrected chi connectivity index (χ2v) is 5.43. The first-order valence-electron chi connectivity index (χ1n) is 7.92. The molecule has 0 aliphatic carbocycles. The first-order valence-corrected chi connectivity index (χ1v) is 7.92. The van der Waals surface area contributed by atoms with Gasteiger partial charge >= 0.3 is 6.03 Å². The lowest BCUT2D eigenvalue weighted by Crippen LogP contribution is -2.37. The Morgan fingerprint density at radius 1 is 1.17 bits per heavy atom. The Labute approximate surface area is 141 Å². The predicted molar refractivity (Wildman–Crippen MR) is 93.9 cm³/mol. The Morgan fingerprint density at radius 3 is 2.42 bits per heavy atom. The van der Waals surface area contributed by atoms with Gasteiger partial charge in [-0.25, -0.2) is 9.18 Å². The summed E-state index contributed by atoms with van der Waals surface area (Å²) in [5.74, 6) is -0.00633. The highest BCUT2D eigenvalue weighted by Crippen LogP contribution is 2.27. The smallest absolute Gasteiger partial charge is 0.319 e. The third kappa shape index (κ3) is 4.87. The van der Waals surface area contributed by atoms with E-state index >= 15 is 0 Å². The van der Waals surface area contributed by atoms with Crippen molar-refractivity contribution in [2.75, 3.05) is 11.1 Å². The van der Waals surface area contributed by atoms with Gasteiger partial charge in [-0.3, -0.25) is 0 Å². The fourth-order valence-corrected chi connectivity index (χ4v) is 2.17. The number of benzene rings is 2. The summed E-state index contributed by atoms with van der Waals surface area (Å²) < 4.78 is 19.6. The molecule has 2 amide bonds. The minimum atomic E-state index is -0.563. The maximum absolute atomic E-state index is 14.1. The van der Waals surface area contributed by atoms with Crippen LogP contribution in [0.2, 0.25) is 0 Å². The van der Waals surface area contributed by atoms with Crippen molar-refractivity contribution >= 4 is 17.4 Å². The molecular weight excluding hydrogens is 309 g/mol. The average Bonchev–Trinajstić information content (AvgIpc) is 2.57. The molecule has 128 valence electrons. The summed E-state index contributed by atoms with van der Waals surface area (Å²) in [6.45, 7) is 3.99. The molecule has 2 aromatic carbocycles. The second kappa shape index (κ2) is 8.19. The van der Waals surface area contributed by atoms with Crippen LogP contribution in [0, 0.1) is 5.82 Å². The van der Waals surface area contributed by atoms with Crippen LogP contribution in [0.1, 0.15) is 26.7 Å². The number of rotatable bonds is 6. The Balaban J connectivity index is 2.01. The summed E-state index contributed by atoms with van der Waals surface area (Å²) in [7, 11) is 0. The van der Waals surface area contributed by atoms with Crippen LogP contribution in [0.3, 0.4) is 0 Å². The van der Waals surface area contributed by atoms with Gasteiger partial charge in [-0.05, 0) is 49.2 Å². The van der Waals surface area contributed by atoms with Gasteiger partial charge in [-0.2, -0.15) is 0 Å². The molecule has 6 heteroatoms.